The fourth-order valence-electron chi connectivity index (χ4n) is 3.18. The lowest BCUT2D eigenvalue weighted by Gasteiger charge is -2.36. The van der Waals surface area contributed by atoms with Crippen LogP contribution in [0.2, 0.25) is 5.02 Å². The summed E-state index contributed by atoms with van der Waals surface area (Å²) >= 11 is 6.00. The Balaban J connectivity index is 1.51. The van der Waals surface area contributed by atoms with E-state index in [1.807, 2.05) is 29.2 Å². The van der Waals surface area contributed by atoms with Gasteiger partial charge < -0.3 is 15.1 Å². The number of amides is 1. The first-order valence-corrected chi connectivity index (χ1v) is 9.52. The lowest BCUT2D eigenvalue weighted by Crippen LogP contribution is -2.54. The first kappa shape index (κ1) is 18.1. The van der Waals surface area contributed by atoms with Crippen molar-refractivity contribution < 1.29 is 4.79 Å². The number of rotatable bonds is 4. The van der Waals surface area contributed by atoms with Crippen molar-refractivity contribution in [1.82, 2.24) is 15.1 Å². The van der Waals surface area contributed by atoms with Crippen LogP contribution in [0.3, 0.4) is 0 Å². The molecule has 0 radical (unpaired) electrons. The van der Waals surface area contributed by atoms with Crippen molar-refractivity contribution in [2.24, 2.45) is 10.9 Å². The SMILES string of the molecule is CCN=C(NC1CC1C)N1CCN(C(=O)Cc2cccc(Cl)c2)CC1. The summed E-state index contributed by atoms with van der Waals surface area (Å²) in [6.45, 7) is 8.23. The molecule has 136 valence electrons. The molecule has 1 saturated carbocycles. The van der Waals surface area contributed by atoms with E-state index in [1.165, 1.54) is 6.42 Å². The van der Waals surface area contributed by atoms with Crippen LogP contribution in [0.15, 0.2) is 29.3 Å². The van der Waals surface area contributed by atoms with E-state index in [4.69, 9.17) is 11.6 Å². The Kier molecular flexibility index (Phi) is 5.84. The summed E-state index contributed by atoms with van der Waals surface area (Å²) in [5, 5.41) is 4.24. The van der Waals surface area contributed by atoms with Crippen molar-refractivity contribution in [3.63, 3.8) is 0 Å². The number of halogens is 1. The second-order valence-corrected chi connectivity index (χ2v) is 7.37. The quantitative estimate of drug-likeness (QED) is 0.661. The van der Waals surface area contributed by atoms with Crippen molar-refractivity contribution in [3.05, 3.63) is 34.9 Å². The molecular weight excluding hydrogens is 336 g/mol. The van der Waals surface area contributed by atoms with E-state index in [0.29, 0.717) is 17.5 Å². The number of carbonyl (C=O) groups excluding carboxylic acids is 1. The van der Waals surface area contributed by atoms with E-state index < -0.39 is 0 Å². The number of piperazine rings is 1. The molecule has 2 atom stereocenters. The Morgan fingerprint density at radius 2 is 1.96 bits per heavy atom. The zero-order valence-electron chi connectivity index (χ0n) is 15.0. The maximum Gasteiger partial charge on any atom is 0.227 e. The van der Waals surface area contributed by atoms with Crippen LogP contribution in [0.1, 0.15) is 25.8 Å². The van der Waals surface area contributed by atoms with Crippen LogP contribution in [0.4, 0.5) is 0 Å². The number of nitrogens with one attached hydrogen (secondary N) is 1. The molecule has 1 N–H and O–H groups in total. The summed E-state index contributed by atoms with van der Waals surface area (Å²) in [6, 6.07) is 8.10. The van der Waals surface area contributed by atoms with Gasteiger partial charge in [0.15, 0.2) is 5.96 Å². The molecule has 6 heteroatoms. The van der Waals surface area contributed by atoms with Crippen LogP contribution in [0, 0.1) is 5.92 Å². The number of hydrogen-bond donors (Lipinski definition) is 1. The summed E-state index contributed by atoms with van der Waals surface area (Å²) in [5.74, 6) is 1.90. The molecule has 1 aromatic carbocycles. The highest BCUT2D eigenvalue weighted by atomic mass is 35.5. The summed E-state index contributed by atoms with van der Waals surface area (Å²) in [4.78, 5) is 21.4. The highest BCUT2D eigenvalue weighted by Crippen LogP contribution is 2.29. The minimum Gasteiger partial charge on any atom is -0.353 e. The number of aliphatic imine (C=N–C) groups is 1. The number of nitrogens with zero attached hydrogens (tertiary/aromatic N) is 3. The maximum absolute atomic E-state index is 12.5. The summed E-state index contributed by atoms with van der Waals surface area (Å²) in [5.41, 5.74) is 0.970. The Hall–Kier alpha value is -1.75. The van der Waals surface area contributed by atoms with Gasteiger partial charge in [-0.2, -0.15) is 0 Å². The molecule has 1 saturated heterocycles. The van der Waals surface area contributed by atoms with Gasteiger partial charge in [0.05, 0.1) is 6.42 Å². The molecule has 25 heavy (non-hydrogen) atoms. The Labute approximate surface area is 155 Å². The number of hydrogen-bond acceptors (Lipinski definition) is 2. The molecule has 5 nitrogen and oxygen atoms in total. The smallest absolute Gasteiger partial charge is 0.227 e. The molecular formula is C19H27ClN4O. The van der Waals surface area contributed by atoms with Crippen LogP contribution in [-0.2, 0) is 11.2 Å². The molecule has 3 rings (SSSR count). The zero-order chi connectivity index (χ0) is 17.8. The Bertz CT molecular complexity index is 640. The molecule has 2 fully saturated rings. The third kappa shape index (κ3) is 4.88. The predicted octanol–water partition coefficient (Wildman–Crippen LogP) is 2.40. The van der Waals surface area contributed by atoms with E-state index in [1.54, 1.807) is 0 Å². The lowest BCUT2D eigenvalue weighted by molar-refractivity contribution is -0.131. The van der Waals surface area contributed by atoms with Crippen molar-refractivity contribution in [2.45, 2.75) is 32.7 Å². The van der Waals surface area contributed by atoms with Crippen molar-refractivity contribution in [2.75, 3.05) is 32.7 Å². The second-order valence-electron chi connectivity index (χ2n) is 6.94. The molecule has 1 aromatic rings. The molecule has 0 bridgehead atoms. The van der Waals surface area contributed by atoms with Crippen LogP contribution in [-0.4, -0.2) is 60.4 Å². The van der Waals surface area contributed by atoms with Crippen LogP contribution < -0.4 is 5.32 Å². The largest absolute Gasteiger partial charge is 0.353 e. The van der Waals surface area contributed by atoms with Crippen molar-refractivity contribution in [3.8, 4) is 0 Å². The number of carbonyl (C=O) groups is 1. The molecule has 2 aliphatic rings. The van der Waals surface area contributed by atoms with Gasteiger partial charge in [0, 0.05) is 43.8 Å². The minimum atomic E-state index is 0.166. The third-order valence-electron chi connectivity index (χ3n) is 4.91. The van der Waals surface area contributed by atoms with Gasteiger partial charge in [-0.25, -0.2) is 0 Å². The number of guanidine groups is 1. The fraction of sp³-hybridized carbons (Fsp3) is 0.579. The van der Waals surface area contributed by atoms with Gasteiger partial charge >= 0.3 is 0 Å². The van der Waals surface area contributed by atoms with Gasteiger partial charge in [-0.1, -0.05) is 30.7 Å². The van der Waals surface area contributed by atoms with Gasteiger partial charge in [0.2, 0.25) is 5.91 Å². The van der Waals surface area contributed by atoms with Crippen molar-refractivity contribution in [1.29, 1.82) is 0 Å². The summed E-state index contributed by atoms with van der Waals surface area (Å²) in [7, 11) is 0. The topological polar surface area (TPSA) is 47.9 Å². The maximum atomic E-state index is 12.5. The standard InChI is InChI=1S/C19H27ClN4O/c1-3-21-19(22-17-11-14(17)2)24-9-7-23(8-10-24)18(25)13-15-5-4-6-16(20)12-15/h4-6,12,14,17H,3,7-11,13H2,1-2H3,(H,21,22). The van der Waals surface area contributed by atoms with Gasteiger partial charge in [-0.3, -0.25) is 9.79 Å². The first-order chi connectivity index (χ1) is 12.1. The molecule has 2 unspecified atom stereocenters. The van der Waals surface area contributed by atoms with Gasteiger partial charge in [-0.15, -0.1) is 0 Å². The first-order valence-electron chi connectivity index (χ1n) is 9.15. The zero-order valence-corrected chi connectivity index (χ0v) is 15.8. The van der Waals surface area contributed by atoms with E-state index in [2.05, 4.69) is 29.1 Å². The third-order valence-corrected chi connectivity index (χ3v) is 5.14. The summed E-state index contributed by atoms with van der Waals surface area (Å²) in [6.07, 6.45) is 1.63. The molecule has 0 aromatic heterocycles. The monoisotopic (exact) mass is 362 g/mol. The number of benzene rings is 1. The molecule has 1 heterocycles. The van der Waals surface area contributed by atoms with Gasteiger partial charge in [-0.05, 0) is 37.0 Å². The van der Waals surface area contributed by atoms with Gasteiger partial charge in [0.1, 0.15) is 0 Å². The molecule has 0 spiro atoms. The average molecular weight is 363 g/mol. The minimum absolute atomic E-state index is 0.166. The van der Waals surface area contributed by atoms with Gasteiger partial charge in [0.25, 0.3) is 0 Å². The van der Waals surface area contributed by atoms with Crippen LogP contribution >= 0.6 is 11.6 Å². The van der Waals surface area contributed by atoms with E-state index in [9.17, 15) is 4.79 Å². The van der Waals surface area contributed by atoms with Crippen LogP contribution in [0.25, 0.3) is 0 Å². The van der Waals surface area contributed by atoms with Crippen molar-refractivity contribution >= 4 is 23.5 Å². The Morgan fingerprint density at radius 3 is 2.56 bits per heavy atom. The van der Waals surface area contributed by atoms with Crippen LogP contribution in [0.5, 0.6) is 0 Å². The normalized spacial score (nSPS) is 23.6. The van der Waals surface area contributed by atoms with E-state index in [-0.39, 0.29) is 5.91 Å². The molecule has 1 aliphatic heterocycles. The fourth-order valence-corrected chi connectivity index (χ4v) is 3.39. The summed E-state index contributed by atoms with van der Waals surface area (Å²) < 4.78 is 0. The molecule has 1 amide bonds. The predicted molar refractivity (Wildman–Crippen MR) is 102 cm³/mol. The molecule has 1 aliphatic carbocycles. The second kappa shape index (κ2) is 8.09. The highest BCUT2D eigenvalue weighted by Gasteiger charge is 2.34. The van der Waals surface area contributed by atoms with E-state index >= 15 is 0 Å². The highest BCUT2D eigenvalue weighted by molar-refractivity contribution is 6.30. The lowest BCUT2D eigenvalue weighted by atomic mass is 10.1. The Morgan fingerprint density at radius 1 is 1.28 bits per heavy atom. The van der Waals surface area contributed by atoms with E-state index in [0.717, 1.165) is 50.2 Å². The average Bonchev–Trinajstić information content (AvgIpc) is 3.29.